The van der Waals surface area contributed by atoms with Crippen molar-refractivity contribution < 1.29 is 23.1 Å². The fourth-order valence-electron chi connectivity index (χ4n) is 4.56. The normalized spacial score (nSPS) is 17.6. The van der Waals surface area contributed by atoms with Crippen molar-refractivity contribution in [2.75, 3.05) is 18.6 Å². The zero-order chi connectivity index (χ0) is 25.6. The van der Waals surface area contributed by atoms with Gasteiger partial charge in [0.2, 0.25) is 5.91 Å². The van der Waals surface area contributed by atoms with E-state index >= 15 is 8.78 Å². The number of halogens is 3. The number of hydrogen-bond donors (Lipinski definition) is 1. The topological polar surface area (TPSA) is 75.9 Å². The van der Waals surface area contributed by atoms with Gasteiger partial charge in [0.1, 0.15) is 23.4 Å². The van der Waals surface area contributed by atoms with Crippen molar-refractivity contribution in [1.29, 1.82) is 0 Å². The molecule has 2 aromatic carbocycles. The number of rotatable bonds is 5. The van der Waals surface area contributed by atoms with Crippen LogP contribution < -0.4 is 15.0 Å². The van der Waals surface area contributed by atoms with Gasteiger partial charge in [-0.2, -0.15) is 0 Å². The molecule has 0 aliphatic carbocycles. The Hall–Kier alpha value is -3.98. The molecule has 4 aromatic rings. The maximum atomic E-state index is 15.1. The molecule has 1 unspecified atom stereocenters. The van der Waals surface area contributed by atoms with E-state index in [4.69, 9.17) is 16.3 Å². The molecule has 1 N–H and O–H groups in total. The molecule has 1 saturated heterocycles. The van der Waals surface area contributed by atoms with E-state index < -0.39 is 35.4 Å². The summed E-state index contributed by atoms with van der Waals surface area (Å²) < 4.78 is 37.0. The van der Waals surface area contributed by atoms with Crippen molar-refractivity contribution in [2.45, 2.75) is 18.9 Å². The summed E-state index contributed by atoms with van der Waals surface area (Å²) >= 11 is 5.91. The predicted octanol–water partition coefficient (Wildman–Crippen LogP) is 4.51. The van der Waals surface area contributed by atoms with Crippen LogP contribution in [0.3, 0.4) is 0 Å². The van der Waals surface area contributed by atoms with Crippen LogP contribution in [0.15, 0.2) is 60.9 Å². The number of carbonyl (C=O) groups excluding carboxylic acids is 2. The summed E-state index contributed by atoms with van der Waals surface area (Å²) in [5, 5.41) is 3.13. The number of fused-ring (bicyclic) bond motifs is 1. The van der Waals surface area contributed by atoms with Gasteiger partial charge < -0.3 is 19.4 Å². The second kappa shape index (κ2) is 9.23. The van der Waals surface area contributed by atoms with Crippen LogP contribution in [0.5, 0.6) is 5.75 Å². The number of hydrogen-bond acceptors (Lipinski definition) is 4. The maximum Gasteiger partial charge on any atom is 0.251 e. The lowest BCUT2D eigenvalue weighted by Gasteiger charge is -2.20. The van der Waals surface area contributed by atoms with Crippen molar-refractivity contribution in [2.24, 2.45) is 0 Å². The number of anilines is 1. The average Bonchev–Trinajstić information content (AvgIpc) is 3.38. The van der Waals surface area contributed by atoms with E-state index in [9.17, 15) is 9.59 Å². The van der Waals surface area contributed by atoms with Crippen molar-refractivity contribution in [1.82, 2.24) is 14.7 Å². The smallest absolute Gasteiger partial charge is 0.251 e. The van der Waals surface area contributed by atoms with Crippen molar-refractivity contribution in [3.05, 3.63) is 94.4 Å². The molecule has 36 heavy (non-hydrogen) atoms. The molecule has 7 nitrogen and oxygen atoms in total. The Morgan fingerprint density at radius 2 is 1.86 bits per heavy atom. The van der Waals surface area contributed by atoms with Gasteiger partial charge in [0.25, 0.3) is 5.91 Å². The number of methoxy groups -OCH3 is 1. The molecular weight excluding hydrogens is 490 g/mol. The molecular formula is C26H21ClF2N4O3. The zero-order valence-corrected chi connectivity index (χ0v) is 20.1. The summed E-state index contributed by atoms with van der Waals surface area (Å²) in [5.41, 5.74) is 1.68. The van der Waals surface area contributed by atoms with Gasteiger partial charge >= 0.3 is 0 Å². The molecule has 2 atom stereocenters. The Morgan fingerprint density at radius 3 is 2.53 bits per heavy atom. The van der Waals surface area contributed by atoms with Crippen LogP contribution in [0.25, 0.3) is 5.65 Å². The molecule has 2 aromatic heterocycles. The molecule has 0 spiro atoms. The van der Waals surface area contributed by atoms with Crippen LogP contribution in [-0.2, 0) is 4.79 Å². The van der Waals surface area contributed by atoms with Crippen molar-refractivity contribution in [3.8, 4) is 5.75 Å². The van der Waals surface area contributed by atoms with Gasteiger partial charge in [-0.15, -0.1) is 0 Å². The van der Waals surface area contributed by atoms with Gasteiger partial charge in [-0.05, 0) is 43.3 Å². The SMILES string of the molecule is COc1cc(F)c([C@@H]2CN(c3cccn4cc(C)nc34)C(=O)C2NC(=O)c2ccc(Cl)cc2)c(F)c1. The lowest BCUT2D eigenvalue weighted by atomic mass is 9.92. The molecule has 3 heterocycles. The Balaban J connectivity index is 1.58. The Morgan fingerprint density at radius 1 is 1.17 bits per heavy atom. The number of aryl methyl sites for hydroxylation is 1. The minimum absolute atomic E-state index is 0.00862. The lowest BCUT2D eigenvalue weighted by molar-refractivity contribution is -0.118. The number of nitrogens with zero attached hydrogens (tertiary/aromatic N) is 3. The number of amides is 2. The first kappa shape index (κ1) is 23.7. The molecule has 184 valence electrons. The van der Waals surface area contributed by atoms with E-state index in [-0.39, 0.29) is 23.4 Å². The standard InChI is InChI=1S/C26H21ClF2N4O3/c1-14-12-32-9-3-4-21(24(32)30-14)33-13-18(22-19(28)10-17(36-2)11-20(22)29)23(26(33)35)31-25(34)15-5-7-16(27)8-6-15/h3-12,18,23H,13H2,1-2H3,(H,31,34)/t18-,23?/m0/s1. The van der Waals surface area contributed by atoms with E-state index in [0.717, 1.165) is 17.8 Å². The maximum absolute atomic E-state index is 15.1. The Bertz CT molecular complexity index is 1470. The Kier molecular flexibility index (Phi) is 6.09. The molecule has 2 amide bonds. The number of aromatic nitrogens is 2. The molecule has 10 heteroatoms. The largest absolute Gasteiger partial charge is 0.497 e. The Labute approximate surface area is 210 Å². The monoisotopic (exact) mass is 510 g/mol. The summed E-state index contributed by atoms with van der Waals surface area (Å²) in [5.74, 6) is -3.82. The predicted molar refractivity (Wildman–Crippen MR) is 131 cm³/mol. The van der Waals surface area contributed by atoms with E-state index in [1.165, 1.54) is 24.1 Å². The van der Waals surface area contributed by atoms with Gasteiger partial charge in [-0.3, -0.25) is 9.59 Å². The van der Waals surface area contributed by atoms with Crippen LogP contribution in [0.2, 0.25) is 5.02 Å². The average molecular weight is 511 g/mol. The third-order valence-corrected chi connectivity index (χ3v) is 6.49. The summed E-state index contributed by atoms with van der Waals surface area (Å²) in [6.45, 7) is 1.75. The van der Waals surface area contributed by atoms with Gasteiger partial charge in [-0.25, -0.2) is 13.8 Å². The molecule has 0 bridgehead atoms. The first-order valence-corrected chi connectivity index (χ1v) is 11.5. The number of imidazole rings is 1. The highest BCUT2D eigenvalue weighted by molar-refractivity contribution is 6.30. The second-order valence-electron chi connectivity index (χ2n) is 8.52. The third kappa shape index (κ3) is 4.15. The fraction of sp³-hybridized carbons (Fsp3) is 0.192. The van der Waals surface area contributed by atoms with Crippen molar-refractivity contribution >= 4 is 34.7 Å². The molecule has 1 aliphatic rings. The van der Waals surface area contributed by atoms with E-state index in [2.05, 4.69) is 10.3 Å². The summed E-state index contributed by atoms with van der Waals surface area (Å²) in [6.07, 6.45) is 3.60. The van der Waals surface area contributed by atoms with Crippen LogP contribution in [0, 0.1) is 18.6 Å². The zero-order valence-electron chi connectivity index (χ0n) is 19.3. The molecule has 1 fully saturated rings. The number of ether oxygens (including phenoxy) is 1. The highest BCUT2D eigenvalue weighted by atomic mass is 35.5. The summed E-state index contributed by atoms with van der Waals surface area (Å²) in [6, 6.07) is 10.4. The van der Waals surface area contributed by atoms with Crippen LogP contribution in [0.4, 0.5) is 14.5 Å². The van der Waals surface area contributed by atoms with Crippen LogP contribution in [-0.4, -0.2) is 40.9 Å². The minimum Gasteiger partial charge on any atom is -0.497 e. The van der Waals surface area contributed by atoms with E-state index in [1.807, 2.05) is 6.92 Å². The van der Waals surface area contributed by atoms with Crippen LogP contribution >= 0.6 is 11.6 Å². The van der Waals surface area contributed by atoms with E-state index in [0.29, 0.717) is 16.4 Å². The van der Waals surface area contributed by atoms with Gasteiger partial charge in [0.15, 0.2) is 5.65 Å². The summed E-state index contributed by atoms with van der Waals surface area (Å²) in [7, 11) is 1.30. The number of carbonyl (C=O) groups is 2. The van der Waals surface area contributed by atoms with E-state index in [1.54, 1.807) is 41.1 Å². The summed E-state index contributed by atoms with van der Waals surface area (Å²) in [4.78, 5) is 32.6. The number of nitrogens with one attached hydrogen (secondary N) is 1. The van der Waals surface area contributed by atoms with Crippen molar-refractivity contribution in [3.63, 3.8) is 0 Å². The van der Waals surface area contributed by atoms with Gasteiger partial charge in [0, 0.05) is 53.1 Å². The number of pyridine rings is 1. The quantitative estimate of drug-likeness (QED) is 0.428. The minimum atomic E-state index is -1.23. The molecule has 0 radical (unpaired) electrons. The number of benzene rings is 2. The lowest BCUT2D eigenvalue weighted by Crippen LogP contribution is -2.44. The van der Waals surface area contributed by atoms with Crippen LogP contribution in [0.1, 0.15) is 27.5 Å². The first-order chi connectivity index (χ1) is 17.3. The highest BCUT2D eigenvalue weighted by Crippen LogP contribution is 2.37. The van der Waals surface area contributed by atoms with Gasteiger partial charge in [-0.1, -0.05) is 11.6 Å². The molecule has 5 rings (SSSR count). The van der Waals surface area contributed by atoms with Gasteiger partial charge in [0.05, 0.1) is 18.5 Å². The second-order valence-corrected chi connectivity index (χ2v) is 8.96. The fourth-order valence-corrected chi connectivity index (χ4v) is 4.69. The highest BCUT2D eigenvalue weighted by Gasteiger charge is 2.45. The third-order valence-electron chi connectivity index (χ3n) is 6.24. The first-order valence-electron chi connectivity index (χ1n) is 11.1. The molecule has 1 aliphatic heterocycles. The molecule has 0 saturated carbocycles.